The van der Waals surface area contributed by atoms with Crippen LogP contribution in [0.2, 0.25) is 5.02 Å². The molecule has 0 radical (unpaired) electrons. The lowest BCUT2D eigenvalue weighted by atomic mass is 10.2. The van der Waals surface area contributed by atoms with Crippen LogP contribution in [0.1, 0.15) is 5.56 Å². The van der Waals surface area contributed by atoms with Gasteiger partial charge in [-0.15, -0.1) is 11.3 Å². The van der Waals surface area contributed by atoms with Gasteiger partial charge < -0.3 is 5.73 Å². The largest absolute Gasteiger partial charge is 0.398 e. The van der Waals surface area contributed by atoms with Gasteiger partial charge in [-0.2, -0.15) is 0 Å². The fraction of sp³-hybridized carbons (Fsp3) is 0.0769. The Labute approximate surface area is 118 Å². The third-order valence-corrected chi connectivity index (χ3v) is 4.03. The van der Waals surface area contributed by atoms with Crippen molar-refractivity contribution >= 4 is 38.8 Å². The van der Waals surface area contributed by atoms with E-state index < -0.39 is 0 Å². The Morgan fingerprint density at radius 3 is 3.00 bits per heavy atom. The van der Waals surface area contributed by atoms with E-state index in [1.165, 1.54) is 11.3 Å². The Bertz CT molecular complexity index is 809. The third-order valence-electron chi connectivity index (χ3n) is 2.86. The van der Waals surface area contributed by atoms with Crippen LogP contribution in [0.5, 0.6) is 0 Å². The van der Waals surface area contributed by atoms with Crippen LogP contribution in [0, 0.1) is 0 Å². The molecule has 96 valence electrons. The van der Waals surface area contributed by atoms with E-state index in [2.05, 4.69) is 4.98 Å². The average molecular weight is 292 g/mol. The molecule has 1 aromatic carbocycles. The molecule has 6 heteroatoms. The maximum Gasteiger partial charge on any atom is 0.262 e. The van der Waals surface area contributed by atoms with Gasteiger partial charge in [-0.1, -0.05) is 17.7 Å². The van der Waals surface area contributed by atoms with Crippen LogP contribution in [0.4, 0.5) is 5.69 Å². The molecule has 3 rings (SSSR count). The Morgan fingerprint density at radius 1 is 1.37 bits per heavy atom. The molecule has 0 aliphatic rings. The molecule has 0 atom stereocenters. The smallest absolute Gasteiger partial charge is 0.262 e. The first kappa shape index (κ1) is 12.2. The third kappa shape index (κ3) is 2.22. The molecule has 4 nitrogen and oxygen atoms in total. The highest BCUT2D eigenvalue weighted by molar-refractivity contribution is 7.16. The van der Waals surface area contributed by atoms with Crippen LogP contribution in [0.25, 0.3) is 10.2 Å². The lowest BCUT2D eigenvalue weighted by Gasteiger charge is -2.07. The molecule has 0 aliphatic heterocycles. The number of thiophene rings is 1. The molecule has 0 unspecified atom stereocenters. The van der Waals surface area contributed by atoms with Gasteiger partial charge in [-0.05, 0) is 29.1 Å². The highest BCUT2D eigenvalue weighted by Crippen LogP contribution is 2.20. The van der Waals surface area contributed by atoms with Crippen molar-refractivity contribution in [2.24, 2.45) is 0 Å². The summed E-state index contributed by atoms with van der Waals surface area (Å²) in [5.74, 6) is 0. The van der Waals surface area contributed by atoms with Gasteiger partial charge in [0, 0.05) is 0 Å². The van der Waals surface area contributed by atoms with Crippen molar-refractivity contribution in [3.05, 3.63) is 56.9 Å². The summed E-state index contributed by atoms with van der Waals surface area (Å²) in [5.41, 5.74) is 7.14. The van der Waals surface area contributed by atoms with E-state index in [0.29, 0.717) is 22.6 Å². The van der Waals surface area contributed by atoms with E-state index in [0.717, 1.165) is 10.4 Å². The van der Waals surface area contributed by atoms with E-state index in [1.54, 1.807) is 29.1 Å². The predicted molar refractivity (Wildman–Crippen MR) is 78.8 cm³/mol. The standard InChI is InChI=1S/C13H10ClN3OS/c14-10-2-1-8(5-11(10)15)6-17-7-16-12-9(13(17)18)3-4-19-12/h1-5,7H,6,15H2. The van der Waals surface area contributed by atoms with Crippen molar-refractivity contribution < 1.29 is 0 Å². The Balaban J connectivity index is 2.03. The van der Waals surface area contributed by atoms with Gasteiger partial charge in [0.2, 0.25) is 0 Å². The molecule has 0 fully saturated rings. The highest BCUT2D eigenvalue weighted by atomic mass is 35.5. The van der Waals surface area contributed by atoms with Gasteiger partial charge in [0.05, 0.1) is 29.0 Å². The fourth-order valence-electron chi connectivity index (χ4n) is 1.89. The molecular formula is C13H10ClN3OS. The van der Waals surface area contributed by atoms with E-state index in [1.807, 2.05) is 11.4 Å². The summed E-state index contributed by atoms with van der Waals surface area (Å²) in [6, 6.07) is 7.14. The topological polar surface area (TPSA) is 60.9 Å². The Morgan fingerprint density at radius 2 is 2.21 bits per heavy atom. The number of nitrogens with two attached hydrogens (primary N) is 1. The van der Waals surface area contributed by atoms with E-state index in [-0.39, 0.29) is 5.56 Å². The zero-order valence-electron chi connectivity index (χ0n) is 9.84. The zero-order chi connectivity index (χ0) is 13.4. The van der Waals surface area contributed by atoms with Crippen molar-refractivity contribution in [2.75, 3.05) is 5.73 Å². The van der Waals surface area contributed by atoms with Gasteiger partial charge >= 0.3 is 0 Å². The molecule has 2 heterocycles. The number of hydrogen-bond donors (Lipinski definition) is 1. The Kier molecular flexibility index (Phi) is 3.00. The summed E-state index contributed by atoms with van der Waals surface area (Å²) in [5, 5.41) is 3.03. The maximum absolute atomic E-state index is 12.2. The van der Waals surface area contributed by atoms with Crippen LogP contribution in [-0.4, -0.2) is 9.55 Å². The minimum absolute atomic E-state index is 0.0419. The van der Waals surface area contributed by atoms with Gasteiger partial charge in [0.25, 0.3) is 5.56 Å². The summed E-state index contributed by atoms with van der Waals surface area (Å²) < 4.78 is 1.57. The second kappa shape index (κ2) is 4.68. The van der Waals surface area contributed by atoms with Gasteiger partial charge in [0.1, 0.15) is 4.83 Å². The number of benzene rings is 1. The fourth-order valence-corrected chi connectivity index (χ4v) is 2.74. The number of hydrogen-bond acceptors (Lipinski definition) is 4. The maximum atomic E-state index is 12.2. The molecule has 2 aromatic heterocycles. The molecule has 0 amide bonds. The summed E-state index contributed by atoms with van der Waals surface area (Å²) in [4.78, 5) is 17.2. The first-order valence-electron chi connectivity index (χ1n) is 5.62. The van der Waals surface area contributed by atoms with Crippen molar-refractivity contribution in [2.45, 2.75) is 6.54 Å². The number of rotatable bonds is 2. The molecule has 0 spiro atoms. The minimum atomic E-state index is -0.0419. The van der Waals surface area contributed by atoms with Crippen molar-refractivity contribution in [3.63, 3.8) is 0 Å². The summed E-state index contributed by atoms with van der Waals surface area (Å²) in [6.45, 7) is 0.430. The second-order valence-corrected chi connectivity index (χ2v) is 5.47. The van der Waals surface area contributed by atoms with Crippen LogP contribution in [0.15, 0.2) is 40.8 Å². The average Bonchev–Trinajstić information content (AvgIpc) is 2.86. The Hall–Kier alpha value is -1.85. The number of halogens is 1. The SMILES string of the molecule is Nc1cc(Cn2cnc3sccc3c2=O)ccc1Cl. The predicted octanol–water partition coefficient (Wildman–Crippen LogP) is 2.74. The van der Waals surface area contributed by atoms with Crippen molar-refractivity contribution in [1.29, 1.82) is 0 Å². The van der Waals surface area contributed by atoms with Gasteiger partial charge in [-0.3, -0.25) is 9.36 Å². The molecule has 3 aromatic rings. The number of nitrogens with zero attached hydrogens (tertiary/aromatic N) is 2. The molecule has 0 saturated heterocycles. The monoisotopic (exact) mass is 291 g/mol. The number of fused-ring (bicyclic) bond motifs is 1. The lowest BCUT2D eigenvalue weighted by molar-refractivity contribution is 0.749. The van der Waals surface area contributed by atoms with Gasteiger partial charge in [-0.25, -0.2) is 4.98 Å². The summed E-state index contributed by atoms with van der Waals surface area (Å²) in [7, 11) is 0. The van der Waals surface area contributed by atoms with Crippen LogP contribution < -0.4 is 11.3 Å². The minimum Gasteiger partial charge on any atom is -0.398 e. The lowest BCUT2D eigenvalue weighted by Crippen LogP contribution is -2.20. The number of nitrogen functional groups attached to an aromatic ring is 1. The molecule has 2 N–H and O–H groups in total. The number of aromatic nitrogens is 2. The first-order chi connectivity index (χ1) is 9.15. The zero-order valence-corrected chi connectivity index (χ0v) is 11.4. The molecule has 0 aliphatic carbocycles. The van der Waals surface area contributed by atoms with E-state index in [9.17, 15) is 4.79 Å². The number of anilines is 1. The van der Waals surface area contributed by atoms with Gasteiger partial charge in [0.15, 0.2) is 0 Å². The molecule has 0 bridgehead atoms. The highest BCUT2D eigenvalue weighted by Gasteiger charge is 2.06. The molecule has 0 saturated carbocycles. The summed E-state index contributed by atoms with van der Waals surface area (Å²) in [6.07, 6.45) is 1.56. The van der Waals surface area contributed by atoms with Crippen molar-refractivity contribution in [3.8, 4) is 0 Å². The molecular weight excluding hydrogens is 282 g/mol. The van der Waals surface area contributed by atoms with Crippen LogP contribution in [0.3, 0.4) is 0 Å². The summed E-state index contributed by atoms with van der Waals surface area (Å²) >= 11 is 7.33. The molecule has 19 heavy (non-hydrogen) atoms. The van der Waals surface area contributed by atoms with Crippen LogP contribution >= 0.6 is 22.9 Å². The van der Waals surface area contributed by atoms with E-state index in [4.69, 9.17) is 17.3 Å². The van der Waals surface area contributed by atoms with Crippen LogP contribution in [-0.2, 0) is 6.54 Å². The van der Waals surface area contributed by atoms with Crippen molar-refractivity contribution in [1.82, 2.24) is 9.55 Å². The quantitative estimate of drug-likeness (QED) is 0.739. The second-order valence-electron chi connectivity index (χ2n) is 4.17. The normalized spacial score (nSPS) is 11.0. The van der Waals surface area contributed by atoms with E-state index >= 15 is 0 Å². The first-order valence-corrected chi connectivity index (χ1v) is 6.87.